The average molecular weight is 353 g/mol. The van der Waals surface area contributed by atoms with Crippen LogP contribution in [-0.2, 0) is 13.0 Å². The Bertz CT molecular complexity index is 766. The van der Waals surface area contributed by atoms with E-state index in [1.165, 1.54) is 11.1 Å². The van der Waals surface area contributed by atoms with Crippen LogP contribution < -0.4 is 10.2 Å². The highest BCUT2D eigenvalue weighted by atomic mass is 15.3. The van der Waals surface area contributed by atoms with E-state index in [4.69, 9.17) is 9.97 Å². The third-order valence-corrected chi connectivity index (χ3v) is 5.33. The van der Waals surface area contributed by atoms with Gasteiger partial charge in [-0.15, -0.1) is 0 Å². The minimum atomic E-state index is 0.0185. The molecule has 4 nitrogen and oxygen atoms in total. The molecule has 0 bridgehead atoms. The summed E-state index contributed by atoms with van der Waals surface area (Å²) in [7, 11) is 0. The van der Waals surface area contributed by atoms with Crippen LogP contribution in [0.5, 0.6) is 0 Å². The third kappa shape index (κ3) is 3.84. The molecule has 1 atom stereocenters. The monoisotopic (exact) mass is 352 g/mol. The quantitative estimate of drug-likeness (QED) is 0.808. The summed E-state index contributed by atoms with van der Waals surface area (Å²) in [6, 6.07) is 11.3. The van der Waals surface area contributed by atoms with Crippen LogP contribution in [0, 0.1) is 0 Å². The summed E-state index contributed by atoms with van der Waals surface area (Å²) in [5, 5.41) is 3.54. The Morgan fingerprint density at radius 3 is 2.46 bits per heavy atom. The van der Waals surface area contributed by atoms with Crippen LogP contribution in [0.25, 0.3) is 0 Å². The van der Waals surface area contributed by atoms with E-state index in [1.807, 2.05) is 0 Å². The lowest BCUT2D eigenvalue weighted by molar-refractivity contribution is 0.426. The van der Waals surface area contributed by atoms with E-state index < -0.39 is 0 Å². The standard InChI is InChI=1S/C22H32N4/c1-7-16(4)23-19-12-20(25-21(24-19)15(2)3)26-14-18-11-9-8-10-17(18)13-22(26,5)6/h8-12,15-16H,7,13-14H2,1-6H3,(H,23,24,25)/t16-/m1/s1. The lowest BCUT2D eigenvalue weighted by Gasteiger charge is -2.44. The van der Waals surface area contributed by atoms with E-state index in [1.54, 1.807) is 0 Å². The predicted molar refractivity (Wildman–Crippen MR) is 110 cm³/mol. The van der Waals surface area contributed by atoms with Crippen molar-refractivity contribution in [3.63, 3.8) is 0 Å². The number of hydrogen-bond donors (Lipinski definition) is 1. The summed E-state index contributed by atoms with van der Waals surface area (Å²) in [5.41, 5.74) is 2.86. The molecule has 3 rings (SSSR count). The number of hydrogen-bond acceptors (Lipinski definition) is 4. The van der Waals surface area contributed by atoms with Crippen LogP contribution in [0.1, 0.15) is 70.8 Å². The molecule has 0 spiro atoms. The second-order valence-electron chi connectivity index (χ2n) is 8.42. The van der Waals surface area contributed by atoms with E-state index in [-0.39, 0.29) is 5.54 Å². The zero-order valence-corrected chi connectivity index (χ0v) is 17.0. The summed E-state index contributed by atoms with van der Waals surface area (Å²) >= 11 is 0. The summed E-state index contributed by atoms with van der Waals surface area (Å²) in [4.78, 5) is 12.1. The van der Waals surface area contributed by atoms with E-state index in [0.717, 1.165) is 36.8 Å². The smallest absolute Gasteiger partial charge is 0.135 e. The maximum absolute atomic E-state index is 4.93. The fourth-order valence-corrected chi connectivity index (χ4v) is 3.50. The summed E-state index contributed by atoms with van der Waals surface area (Å²) in [6.07, 6.45) is 2.09. The molecule has 1 N–H and O–H groups in total. The van der Waals surface area contributed by atoms with E-state index in [0.29, 0.717) is 12.0 Å². The Balaban J connectivity index is 2.01. The zero-order valence-electron chi connectivity index (χ0n) is 17.0. The van der Waals surface area contributed by atoms with Crippen LogP contribution in [0.2, 0.25) is 0 Å². The van der Waals surface area contributed by atoms with Crippen LogP contribution >= 0.6 is 0 Å². The number of rotatable bonds is 5. The van der Waals surface area contributed by atoms with Gasteiger partial charge in [0.15, 0.2) is 0 Å². The molecular weight excluding hydrogens is 320 g/mol. The lowest BCUT2D eigenvalue weighted by atomic mass is 9.85. The molecule has 1 aromatic carbocycles. The van der Waals surface area contributed by atoms with Gasteiger partial charge in [-0.1, -0.05) is 45.0 Å². The normalized spacial score (nSPS) is 17.1. The minimum absolute atomic E-state index is 0.0185. The number of nitrogens with zero attached hydrogens (tertiary/aromatic N) is 3. The molecular formula is C22H32N4. The average Bonchev–Trinajstić information content (AvgIpc) is 2.59. The molecule has 0 aliphatic carbocycles. The number of fused-ring (bicyclic) bond motifs is 1. The highest BCUT2D eigenvalue weighted by Gasteiger charge is 2.34. The van der Waals surface area contributed by atoms with Crippen molar-refractivity contribution in [3.8, 4) is 0 Å². The molecule has 1 aliphatic heterocycles. The topological polar surface area (TPSA) is 41.0 Å². The molecule has 2 heterocycles. The second-order valence-corrected chi connectivity index (χ2v) is 8.42. The molecule has 0 amide bonds. The van der Waals surface area contributed by atoms with E-state index in [9.17, 15) is 0 Å². The van der Waals surface area contributed by atoms with Crippen molar-refractivity contribution in [2.45, 2.75) is 78.4 Å². The first-order chi connectivity index (χ1) is 12.3. The second kappa shape index (κ2) is 7.26. The van der Waals surface area contributed by atoms with Gasteiger partial charge in [0, 0.05) is 30.1 Å². The highest BCUT2D eigenvalue weighted by Crippen LogP contribution is 2.35. The van der Waals surface area contributed by atoms with Crippen LogP contribution in [0.3, 0.4) is 0 Å². The van der Waals surface area contributed by atoms with Gasteiger partial charge in [-0.2, -0.15) is 0 Å². The molecule has 26 heavy (non-hydrogen) atoms. The molecule has 2 aromatic rings. The van der Waals surface area contributed by atoms with E-state index >= 15 is 0 Å². The van der Waals surface area contributed by atoms with Crippen LogP contribution in [-0.4, -0.2) is 21.5 Å². The fourth-order valence-electron chi connectivity index (χ4n) is 3.50. The Morgan fingerprint density at radius 1 is 1.12 bits per heavy atom. The van der Waals surface area contributed by atoms with Gasteiger partial charge < -0.3 is 10.2 Å². The van der Waals surface area contributed by atoms with Gasteiger partial charge in [-0.3, -0.25) is 0 Å². The molecule has 140 valence electrons. The number of anilines is 2. The van der Waals surface area contributed by atoms with E-state index in [2.05, 4.69) is 82.1 Å². The summed E-state index contributed by atoms with van der Waals surface area (Å²) in [6.45, 7) is 14.2. The van der Waals surface area contributed by atoms with Crippen molar-refractivity contribution < 1.29 is 0 Å². The fraction of sp³-hybridized carbons (Fsp3) is 0.545. The Labute approximate surface area is 158 Å². The van der Waals surface area contributed by atoms with Crippen LogP contribution in [0.15, 0.2) is 30.3 Å². The van der Waals surface area contributed by atoms with Gasteiger partial charge >= 0.3 is 0 Å². The molecule has 1 aliphatic rings. The van der Waals surface area contributed by atoms with Crippen molar-refractivity contribution in [2.24, 2.45) is 0 Å². The zero-order chi connectivity index (χ0) is 18.9. The van der Waals surface area contributed by atoms with Crippen molar-refractivity contribution in [3.05, 3.63) is 47.3 Å². The molecule has 0 fully saturated rings. The first-order valence-electron chi connectivity index (χ1n) is 9.80. The molecule has 0 saturated heterocycles. The highest BCUT2D eigenvalue weighted by molar-refractivity contribution is 5.54. The number of benzene rings is 1. The summed E-state index contributed by atoms with van der Waals surface area (Å²) < 4.78 is 0. The maximum Gasteiger partial charge on any atom is 0.135 e. The molecule has 0 saturated carbocycles. The number of aromatic nitrogens is 2. The van der Waals surface area contributed by atoms with Gasteiger partial charge in [-0.25, -0.2) is 9.97 Å². The largest absolute Gasteiger partial charge is 0.367 e. The van der Waals surface area contributed by atoms with Crippen LogP contribution in [0.4, 0.5) is 11.6 Å². The first-order valence-corrected chi connectivity index (χ1v) is 9.80. The first kappa shape index (κ1) is 18.7. The SMILES string of the molecule is CC[C@@H](C)Nc1cc(N2Cc3ccccc3CC2(C)C)nc(C(C)C)n1. The summed E-state index contributed by atoms with van der Waals surface area (Å²) in [5.74, 6) is 3.16. The van der Waals surface area contributed by atoms with Gasteiger partial charge in [0.05, 0.1) is 0 Å². The van der Waals surface area contributed by atoms with Crippen molar-refractivity contribution in [1.29, 1.82) is 0 Å². The van der Waals surface area contributed by atoms with Crippen molar-refractivity contribution in [2.75, 3.05) is 10.2 Å². The predicted octanol–water partition coefficient (Wildman–Crippen LogP) is 5.15. The Kier molecular flexibility index (Phi) is 5.22. The van der Waals surface area contributed by atoms with Gasteiger partial charge in [0.2, 0.25) is 0 Å². The lowest BCUT2D eigenvalue weighted by Crippen LogP contribution is -2.49. The number of nitrogens with one attached hydrogen (secondary N) is 1. The van der Waals surface area contributed by atoms with Gasteiger partial charge in [0.25, 0.3) is 0 Å². The molecule has 1 aromatic heterocycles. The molecule has 0 radical (unpaired) electrons. The van der Waals surface area contributed by atoms with Gasteiger partial charge in [0.1, 0.15) is 17.5 Å². The molecule has 4 heteroatoms. The third-order valence-electron chi connectivity index (χ3n) is 5.33. The Hall–Kier alpha value is -2.10. The van der Waals surface area contributed by atoms with Crippen molar-refractivity contribution in [1.82, 2.24) is 9.97 Å². The Morgan fingerprint density at radius 2 is 1.81 bits per heavy atom. The maximum atomic E-state index is 4.93. The molecule has 0 unspecified atom stereocenters. The minimum Gasteiger partial charge on any atom is -0.367 e. The van der Waals surface area contributed by atoms with Crippen molar-refractivity contribution >= 4 is 11.6 Å². The van der Waals surface area contributed by atoms with Gasteiger partial charge in [-0.05, 0) is 44.7 Å².